The summed E-state index contributed by atoms with van der Waals surface area (Å²) in [5.74, 6) is -0.509. The quantitative estimate of drug-likeness (QED) is 0.457. The smallest absolute Gasteiger partial charge is 0.307 e. The fourth-order valence-electron chi connectivity index (χ4n) is 0.423. The van der Waals surface area contributed by atoms with Gasteiger partial charge in [0, 0.05) is 0 Å². The molecule has 1 unspecified atom stereocenters. The minimum atomic E-state index is -0.664. The molecule has 5 heteroatoms. The fraction of sp³-hybridized carbons (Fsp3) is 0.833. The average Bonchev–Trinajstić information content (AvgIpc) is 1.97. The second-order valence-electron chi connectivity index (χ2n) is 2.13. The first-order valence-corrected chi connectivity index (χ1v) is 3.29. The molecule has 0 spiro atoms. The first-order valence-electron chi connectivity index (χ1n) is 3.29. The Morgan fingerprint density at radius 3 is 2.82 bits per heavy atom. The number of nitroso groups, excluding NO2 is 1. The maximum Gasteiger partial charge on any atom is 0.307 e. The number of ether oxygens (including phenoxy) is 1. The number of rotatable bonds is 5. The van der Waals surface area contributed by atoms with Crippen LogP contribution in [-0.2, 0) is 9.53 Å². The molecule has 0 fully saturated rings. The Bertz CT molecular complexity index is 135. The van der Waals surface area contributed by atoms with Crippen molar-refractivity contribution in [3.8, 4) is 0 Å². The van der Waals surface area contributed by atoms with Gasteiger partial charge in [-0.1, -0.05) is 5.18 Å². The van der Waals surface area contributed by atoms with E-state index in [-0.39, 0.29) is 19.6 Å². The van der Waals surface area contributed by atoms with E-state index in [9.17, 15) is 9.70 Å². The molecular formula is C6H11NO4. The van der Waals surface area contributed by atoms with Gasteiger partial charge in [-0.25, -0.2) is 0 Å². The number of esters is 1. The first kappa shape index (κ1) is 10.0. The largest absolute Gasteiger partial charge is 0.463 e. The molecule has 0 aromatic carbocycles. The Hall–Kier alpha value is -0.970. The van der Waals surface area contributed by atoms with Gasteiger partial charge in [-0.2, -0.15) is 4.91 Å². The summed E-state index contributed by atoms with van der Waals surface area (Å²) in [5, 5.41) is 11.2. The number of carbonyl (C=O) groups excluding carboxylic acids is 1. The molecule has 1 atom stereocenters. The van der Waals surface area contributed by atoms with Crippen LogP contribution in [0.1, 0.15) is 13.3 Å². The van der Waals surface area contributed by atoms with Crippen molar-refractivity contribution >= 4 is 5.97 Å². The van der Waals surface area contributed by atoms with Gasteiger partial charge in [0.25, 0.3) is 0 Å². The van der Waals surface area contributed by atoms with Crippen LogP contribution in [0, 0.1) is 4.91 Å². The molecule has 0 aliphatic carbocycles. The minimum Gasteiger partial charge on any atom is -0.463 e. The topological polar surface area (TPSA) is 76.0 Å². The Morgan fingerprint density at radius 1 is 1.73 bits per heavy atom. The third-order valence-corrected chi connectivity index (χ3v) is 0.893. The van der Waals surface area contributed by atoms with Crippen molar-refractivity contribution < 1.29 is 14.6 Å². The lowest BCUT2D eigenvalue weighted by Crippen LogP contribution is -2.15. The van der Waals surface area contributed by atoms with E-state index in [1.165, 1.54) is 6.92 Å². The van der Waals surface area contributed by atoms with Crippen LogP contribution in [0.15, 0.2) is 5.18 Å². The molecule has 64 valence electrons. The van der Waals surface area contributed by atoms with Crippen LogP contribution in [0.3, 0.4) is 0 Å². The monoisotopic (exact) mass is 161 g/mol. The predicted octanol–water partition coefficient (Wildman–Crippen LogP) is 0.0669. The van der Waals surface area contributed by atoms with E-state index in [4.69, 9.17) is 5.11 Å². The number of carbonyl (C=O) groups is 1. The zero-order valence-corrected chi connectivity index (χ0v) is 6.32. The molecule has 0 radical (unpaired) electrons. The van der Waals surface area contributed by atoms with Gasteiger partial charge in [0.15, 0.2) is 0 Å². The zero-order chi connectivity index (χ0) is 8.69. The maximum atomic E-state index is 10.6. The highest BCUT2D eigenvalue weighted by molar-refractivity contribution is 5.69. The third kappa shape index (κ3) is 6.92. The molecule has 0 amide bonds. The van der Waals surface area contributed by atoms with Gasteiger partial charge in [-0.05, 0) is 6.92 Å². The lowest BCUT2D eigenvalue weighted by molar-refractivity contribution is -0.146. The SMILES string of the molecule is CC(O)COC(=O)CCN=O. The predicted molar refractivity (Wildman–Crippen MR) is 37.9 cm³/mol. The van der Waals surface area contributed by atoms with Crippen LogP contribution in [0.5, 0.6) is 0 Å². The Balaban J connectivity index is 3.29. The fourth-order valence-corrected chi connectivity index (χ4v) is 0.423. The van der Waals surface area contributed by atoms with Gasteiger partial charge in [-0.15, -0.1) is 0 Å². The van der Waals surface area contributed by atoms with E-state index in [1.807, 2.05) is 0 Å². The van der Waals surface area contributed by atoms with Crippen molar-refractivity contribution in [2.45, 2.75) is 19.4 Å². The Morgan fingerprint density at radius 2 is 2.36 bits per heavy atom. The molecule has 0 saturated heterocycles. The lowest BCUT2D eigenvalue weighted by Gasteiger charge is -2.04. The molecular weight excluding hydrogens is 150 g/mol. The average molecular weight is 161 g/mol. The normalized spacial score (nSPS) is 12.2. The van der Waals surface area contributed by atoms with Crippen LogP contribution in [-0.4, -0.2) is 30.3 Å². The van der Waals surface area contributed by atoms with E-state index in [1.54, 1.807) is 0 Å². The third-order valence-electron chi connectivity index (χ3n) is 0.893. The summed E-state index contributed by atoms with van der Waals surface area (Å²) in [4.78, 5) is 20.1. The highest BCUT2D eigenvalue weighted by Crippen LogP contribution is 1.89. The van der Waals surface area contributed by atoms with Gasteiger partial charge < -0.3 is 9.84 Å². The number of hydrogen-bond donors (Lipinski definition) is 1. The Kier molecular flexibility index (Phi) is 5.28. The van der Waals surface area contributed by atoms with E-state index in [2.05, 4.69) is 9.91 Å². The minimum absolute atomic E-state index is 0.0176. The maximum absolute atomic E-state index is 10.6. The van der Waals surface area contributed by atoms with E-state index >= 15 is 0 Å². The van der Waals surface area contributed by atoms with E-state index < -0.39 is 12.1 Å². The number of aliphatic hydroxyl groups excluding tert-OH is 1. The molecule has 0 heterocycles. The van der Waals surface area contributed by atoms with Crippen LogP contribution in [0.25, 0.3) is 0 Å². The van der Waals surface area contributed by atoms with Gasteiger partial charge >= 0.3 is 5.97 Å². The molecule has 5 nitrogen and oxygen atoms in total. The molecule has 0 aromatic heterocycles. The van der Waals surface area contributed by atoms with Gasteiger partial charge in [0.2, 0.25) is 0 Å². The van der Waals surface area contributed by atoms with Crippen LogP contribution >= 0.6 is 0 Å². The molecule has 0 aliphatic rings. The number of nitrogens with zero attached hydrogens (tertiary/aromatic N) is 1. The van der Waals surface area contributed by atoms with Crippen LogP contribution in [0.2, 0.25) is 0 Å². The molecule has 0 bridgehead atoms. The van der Waals surface area contributed by atoms with Crippen LogP contribution in [0.4, 0.5) is 0 Å². The van der Waals surface area contributed by atoms with E-state index in [0.717, 1.165) is 0 Å². The van der Waals surface area contributed by atoms with Crippen molar-refractivity contribution in [2.24, 2.45) is 5.18 Å². The zero-order valence-electron chi connectivity index (χ0n) is 6.32. The molecule has 1 N–H and O–H groups in total. The standard InChI is InChI=1S/C6H11NO4/c1-5(8)4-11-6(9)2-3-7-10/h5,8H,2-4H2,1H3. The summed E-state index contributed by atoms with van der Waals surface area (Å²) in [7, 11) is 0. The summed E-state index contributed by atoms with van der Waals surface area (Å²) in [6.07, 6.45) is -0.681. The van der Waals surface area contributed by atoms with Crippen molar-refractivity contribution in [3.63, 3.8) is 0 Å². The highest BCUT2D eigenvalue weighted by atomic mass is 16.5. The van der Waals surface area contributed by atoms with Gasteiger partial charge in [0.05, 0.1) is 19.1 Å². The van der Waals surface area contributed by atoms with Crippen molar-refractivity contribution in [1.82, 2.24) is 0 Å². The highest BCUT2D eigenvalue weighted by Gasteiger charge is 2.03. The number of hydrogen-bond acceptors (Lipinski definition) is 5. The number of aliphatic hydroxyl groups is 1. The second kappa shape index (κ2) is 5.79. The van der Waals surface area contributed by atoms with Crippen molar-refractivity contribution in [2.75, 3.05) is 13.2 Å². The van der Waals surface area contributed by atoms with E-state index in [0.29, 0.717) is 0 Å². The molecule has 0 saturated carbocycles. The summed E-state index contributed by atoms with van der Waals surface area (Å²) < 4.78 is 4.52. The summed E-state index contributed by atoms with van der Waals surface area (Å²) in [6, 6.07) is 0. The summed E-state index contributed by atoms with van der Waals surface area (Å²) >= 11 is 0. The van der Waals surface area contributed by atoms with Crippen LogP contribution < -0.4 is 0 Å². The van der Waals surface area contributed by atoms with Gasteiger partial charge in [-0.3, -0.25) is 4.79 Å². The lowest BCUT2D eigenvalue weighted by atomic mass is 10.4. The molecule has 0 rings (SSSR count). The summed E-state index contributed by atoms with van der Waals surface area (Å²) in [5.41, 5.74) is 0. The second-order valence-corrected chi connectivity index (χ2v) is 2.13. The first-order chi connectivity index (χ1) is 5.16. The molecule has 0 aromatic rings. The van der Waals surface area contributed by atoms with Crippen molar-refractivity contribution in [3.05, 3.63) is 4.91 Å². The summed E-state index contributed by atoms with van der Waals surface area (Å²) in [6.45, 7) is 1.40. The molecule has 11 heavy (non-hydrogen) atoms. The molecule has 0 aliphatic heterocycles. The van der Waals surface area contributed by atoms with Crippen molar-refractivity contribution in [1.29, 1.82) is 0 Å². The van der Waals surface area contributed by atoms with Gasteiger partial charge in [0.1, 0.15) is 6.61 Å². The Labute approximate surface area is 64.3 Å².